The van der Waals surface area contributed by atoms with Crippen molar-refractivity contribution in [1.29, 1.82) is 5.26 Å². The smallest absolute Gasteiger partial charge is 0.270 e. The number of non-ortho nitro benzene ring substituents is 1. The van der Waals surface area contributed by atoms with Crippen LogP contribution in [0, 0.1) is 26.0 Å². The van der Waals surface area contributed by atoms with Crippen molar-refractivity contribution in [2.75, 3.05) is 0 Å². The number of pyridine rings is 1. The Hall–Kier alpha value is -3.24. The number of benzene rings is 2. The predicted molar refractivity (Wildman–Crippen MR) is 93.6 cm³/mol. The highest BCUT2D eigenvalue weighted by molar-refractivity contribution is 7.71. The second-order valence-corrected chi connectivity index (χ2v) is 5.89. The van der Waals surface area contributed by atoms with E-state index in [4.69, 9.17) is 12.2 Å². The fourth-order valence-electron chi connectivity index (χ4n) is 3.19. The summed E-state index contributed by atoms with van der Waals surface area (Å²) < 4.78 is 4.19. The monoisotopic (exact) mass is 334 g/mol. The van der Waals surface area contributed by atoms with E-state index in [0.717, 1.165) is 16.6 Å². The van der Waals surface area contributed by atoms with Gasteiger partial charge in [0.25, 0.3) is 5.69 Å². The number of nitro groups is 1. The van der Waals surface area contributed by atoms with Crippen molar-refractivity contribution in [3.63, 3.8) is 0 Å². The van der Waals surface area contributed by atoms with E-state index >= 15 is 0 Å². The Kier molecular flexibility index (Phi) is 2.92. The van der Waals surface area contributed by atoms with Gasteiger partial charge in [0.05, 0.1) is 26.0 Å². The van der Waals surface area contributed by atoms with Crippen molar-refractivity contribution in [2.45, 2.75) is 0 Å². The lowest BCUT2D eigenvalue weighted by atomic mass is 10.1. The van der Waals surface area contributed by atoms with E-state index < -0.39 is 4.92 Å². The molecule has 24 heavy (non-hydrogen) atoms. The SMILES string of the molecule is Cn1c2ccccc2n2c3ccc([N+](=O)[O-])cc3c(=S)c(C#N)c12. The number of nitriles is 1. The molecule has 0 saturated carbocycles. The molecule has 2 aromatic carbocycles. The van der Waals surface area contributed by atoms with Crippen LogP contribution in [0.3, 0.4) is 0 Å². The molecule has 7 heteroatoms. The van der Waals surface area contributed by atoms with E-state index in [9.17, 15) is 15.4 Å². The molecule has 0 bridgehead atoms. The van der Waals surface area contributed by atoms with Crippen LogP contribution in [0.4, 0.5) is 5.69 Å². The molecule has 0 aliphatic heterocycles. The fraction of sp³-hybridized carbons (Fsp3) is 0.0588. The third kappa shape index (κ3) is 1.71. The molecule has 4 rings (SSSR count). The topological polar surface area (TPSA) is 76.3 Å². The molecule has 0 spiro atoms. The minimum Gasteiger partial charge on any atom is -0.328 e. The number of hydrogen-bond donors (Lipinski definition) is 0. The summed E-state index contributed by atoms with van der Waals surface area (Å²) in [6.45, 7) is 0. The first-order valence-corrected chi connectivity index (χ1v) is 7.56. The van der Waals surface area contributed by atoms with Gasteiger partial charge in [-0.25, -0.2) is 0 Å². The molecule has 0 aliphatic rings. The Morgan fingerprint density at radius 1 is 1.17 bits per heavy atom. The Bertz CT molecular complexity index is 1280. The highest BCUT2D eigenvalue weighted by Gasteiger charge is 2.18. The average molecular weight is 334 g/mol. The van der Waals surface area contributed by atoms with Crippen LogP contribution in [0.5, 0.6) is 0 Å². The van der Waals surface area contributed by atoms with E-state index in [1.165, 1.54) is 12.1 Å². The number of nitrogens with zero attached hydrogens (tertiary/aromatic N) is 4. The largest absolute Gasteiger partial charge is 0.328 e. The number of aromatic nitrogens is 2. The summed E-state index contributed by atoms with van der Waals surface area (Å²) in [4.78, 5) is 10.6. The molecule has 0 unspecified atom stereocenters. The van der Waals surface area contributed by atoms with E-state index in [2.05, 4.69) is 6.07 Å². The Morgan fingerprint density at radius 2 is 1.88 bits per heavy atom. The zero-order valence-corrected chi connectivity index (χ0v) is 13.4. The van der Waals surface area contributed by atoms with Gasteiger partial charge in [0.1, 0.15) is 17.3 Å². The van der Waals surface area contributed by atoms with Gasteiger partial charge in [-0.3, -0.25) is 14.5 Å². The summed E-state index contributed by atoms with van der Waals surface area (Å²) in [6.07, 6.45) is 0. The molecule has 2 heterocycles. The molecule has 4 aromatic rings. The van der Waals surface area contributed by atoms with Gasteiger partial charge in [0.2, 0.25) is 0 Å². The van der Waals surface area contributed by atoms with Crippen LogP contribution in [0.1, 0.15) is 5.56 Å². The summed E-state index contributed by atoms with van der Waals surface area (Å²) in [7, 11) is 1.88. The molecule has 0 fully saturated rings. The molecular weight excluding hydrogens is 324 g/mol. The average Bonchev–Trinajstić information content (AvgIpc) is 2.89. The molecule has 0 amide bonds. The van der Waals surface area contributed by atoms with Crippen LogP contribution in [0.15, 0.2) is 42.5 Å². The van der Waals surface area contributed by atoms with Crippen molar-refractivity contribution in [1.82, 2.24) is 8.97 Å². The standard InChI is InChI=1S/C17H10N4O2S/c1-19-14-4-2-3-5-15(14)20-13-7-6-10(21(22)23)8-11(13)16(24)12(9-18)17(19)20/h2-8H,1H3. The Labute approximate surface area is 140 Å². The first-order chi connectivity index (χ1) is 11.5. The number of rotatable bonds is 1. The summed E-state index contributed by atoms with van der Waals surface area (Å²) in [6, 6.07) is 14.5. The van der Waals surface area contributed by atoms with E-state index in [1.807, 2.05) is 40.3 Å². The zero-order valence-electron chi connectivity index (χ0n) is 12.6. The van der Waals surface area contributed by atoms with Crippen LogP contribution in [0.2, 0.25) is 0 Å². The molecule has 0 N–H and O–H groups in total. The maximum Gasteiger partial charge on any atom is 0.270 e. The van der Waals surface area contributed by atoms with Gasteiger partial charge in [-0.1, -0.05) is 24.4 Å². The van der Waals surface area contributed by atoms with Crippen molar-refractivity contribution < 1.29 is 4.92 Å². The molecule has 0 radical (unpaired) electrons. The van der Waals surface area contributed by atoms with Crippen molar-refractivity contribution in [2.24, 2.45) is 7.05 Å². The van der Waals surface area contributed by atoms with Crippen molar-refractivity contribution in [3.05, 3.63) is 62.7 Å². The Morgan fingerprint density at radius 3 is 2.54 bits per heavy atom. The number of fused-ring (bicyclic) bond motifs is 5. The zero-order chi connectivity index (χ0) is 17.0. The fourth-order valence-corrected chi connectivity index (χ4v) is 3.49. The maximum absolute atomic E-state index is 11.1. The molecule has 116 valence electrons. The van der Waals surface area contributed by atoms with E-state index in [1.54, 1.807) is 6.07 Å². The maximum atomic E-state index is 11.1. The first kappa shape index (κ1) is 14.4. The van der Waals surface area contributed by atoms with Crippen molar-refractivity contribution >= 4 is 45.5 Å². The summed E-state index contributed by atoms with van der Waals surface area (Å²) >= 11 is 5.46. The molecule has 0 aliphatic carbocycles. The Balaban J connectivity index is 2.39. The second-order valence-electron chi connectivity index (χ2n) is 5.48. The quantitative estimate of drug-likeness (QED) is 0.298. The van der Waals surface area contributed by atoms with Gasteiger partial charge in [-0.05, 0) is 18.2 Å². The highest BCUT2D eigenvalue weighted by atomic mass is 32.1. The summed E-state index contributed by atoms with van der Waals surface area (Å²) in [5.41, 5.74) is 3.60. The van der Waals surface area contributed by atoms with Crippen LogP contribution >= 0.6 is 12.2 Å². The lowest BCUT2D eigenvalue weighted by Crippen LogP contribution is -1.98. The molecule has 0 saturated heterocycles. The van der Waals surface area contributed by atoms with Gasteiger partial charge in [-0.15, -0.1) is 0 Å². The first-order valence-electron chi connectivity index (χ1n) is 7.15. The van der Waals surface area contributed by atoms with Crippen molar-refractivity contribution in [3.8, 4) is 6.07 Å². The lowest BCUT2D eigenvalue weighted by molar-refractivity contribution is -0.384. The number of hydrogen-bond acceptors (Lipinski definition) is 4. The molecule has 6 nitrogen and oxygen atoms in total. The summed E-state index contributed by atoms with van der Waals surface area (Å²) in [5, 5.41) is 21.2. The van der Waals surface area contributed by atoms with E-state index in [-0.39, 0.29) is 5.69 Å². The minimum absolute atomic E-state index is 0.0438. The molecule has 2 aromatic heterocycles. The third-order valence-corrected chi connectivity index (χ3v) is 4.68. The van der Waals surface area contributed by atoms with Gasteiger partial charge >= 0.3 is 0 Å². The van der Waals surface area contributed by atoms with Crippen LogP contribution in [0.25, 0.3) is 27.6 Å². The molecular formula is C17H10N4O2S. The van der Waals surface area contributed by atoms with Gasteiger partial charge in [0.15, 0.2) is 0 Å². The number of imidazole rings is 1. The lowest BCUT2D eigenvalue weighted by Gasteiger charge is -2.07. The predicted octanol–water partition coefficient (Wildman–Crippen LogP) is 4.09. The number of aryl methyl sites for hydroxylation is 1. The van der Waals surface area contributed by atoms with Crippen LogP contribution in [-0.4, -0.2) is 13.9 Å². The highest BCUT2D eigenvalue weighted by Crippen LogP contribution is 2.31. The van der Waals surface area contributed by atoms with Crippen LogP contribution < -0.4 is 0 Å². The molecule has 0 atom stereocenters. The van der Waals surface area contributed by atoms with Gasteiger partial charge in [-0.2, -0.15) is 5.26 Å². The minimum atomic E-state index is -0.460. The summed E-state index contributed by atoms with van der Waals surface area (Å²) in [5.74, 6) is 0. The van der Waals surface area contributed by atoms with E-state index in [0.29, 0.717) is 21.1 Å². The normalized spacial score (nSPS) is 11.2. The van der Waals surface area contributed by atoms with Gasteiger partial charge in [0, 0.05) is 24.6 Å². The number of nitro benzene ring substituents is 1. The van der Waals surface area contributed by atoms with Crippen LogP contribution in [-0.2, 0) is 7.05 Å². The second kappa shape index (κ2) is 4.88. The number of para-hydroxylation sites is 2. The van der Waals surface area contributed by atoms with Gasteiger partial charge < -0.3 is 4.57 Å². The third-order valence-electron chi connectivity index (χ3n) is 4.25.